The topological polar surface area (TPSA) is 65.1 Å². The summed E-state index contributed by atoms with van der Waals surface area (Å²) in [6.45, 7) is 4.73. The number of esters is 1. The lowest BCUT2D eigenvalue weighted by molar-refractivity contribution is -0.155. The van der Waals surface area contributed by atoms with Crippen LogP contribution in [0, 0.1) is 5.92 Å². The lowest BCUT2D eigenvalue weighted by Gasteiger charge is -2.34. The molecule has 6 nitrogen and oxygen atoms in total. The SMILES string of the molecule is COc1ccc(C(=O)C2CCN(C(C)OC(C)=O)CC2)cc1OC. The van der Waals surface area contributed by atoms with Crippen LogP contribution in [-0.4, -0.2) is 50.2 Å². The van der Waals surface area contributed by atoms with Gasteiger partial charge in [0.25, 0.3) is 0 Å². The van der Waals surface area contributed by atoms with Crippen LogP contribution in [0.4, 0.5) is 0 Å². The highest BCUT2D eigenvalue weighted by Crippen LogP contribution is 2.30. The number of carbonyl (C=O) groups is 2. The molecule has 0 amide bonds. The summed E-state index contributed by atoms with van der Waals surface area (Å²) in [6, 6.07) is 5.26. The molecule has 0 N–H and O–H groups in total. The number of ketones is 1. The predicted octanol–water partition coefficient (Wildman–Crippen LogP) is 2.51. The lowest BCUT2D eigenvalue weighted by Crippen LogP contribution is -2.43. The second-order valence-corrected chi connectivity index (χ2v) is 5.95. The largest absolute Gasteiger partial charge is 0.493 e. The molecule has 24 heavy (non-hydrogen) atoms. The summed E-state index contributed by atoms with van der Waals surface area (Å²) < 4.78 is 15.7. The molecule has 0 saturated carbocycles. The standard InChI is InChI=1S/C18H25NO5/c1-12(24-13(2)20)19-9-7-14(8-10-19)18(21)15-5-6-16(22-3)17(11-15)23-4/h5-6,11-12,14H,7-10H2,1-4H3. The van der Waals surface area contributed by atoms with Gasteiger partial charge in [-0.05, 0) is 38.0 Å². The van der Waals surface area contributed by atoms with Gasteiger partial charge in [-0.3, -0.25) is 14.5 Å². The first-order valence-corrected chi connectivity index (χ1v) is 8.13. The molecule has 1 aromatic carbocycles. The Hall–Kier alpha value is -2.08. The number of benzene rings is 1. The Bertz CT molecular complexity index is 593. The number of carbonyl (C=O) groups excluding carboxylic acids is 2. The molecule has 0 aliphatic carbocycles. The number of hydrogen-bond donors (Lipinski definition) is 0. The monoisotopic (exact) mass is 335 g/mol. The molecular formula is C18H25NO5. The smallest absolute Gasteiger partial charge is 0.304 e. The van der Waals surface area contributed by atoms with E-state index in [1.165, 1.54) is 6.92 Å². The second kappa shape index (κ2) is 8.15. The van der Waals surface area contributed by atoms with E-state index in [0.29, 0.717) is 17.1 Å². The van der Waals surface area contributed by atoms with Crippen LogP contribution < -0.4 is 9.47 Å². The third-order valence-corrected chi connectivity index (χ3v) is 4.42. The third-order valence-electron chi connectivity index (χ3n) is 4.42. The van der Waals surface area contributed by atoms with Gasteiger partial charge < -0.3 is 14.2 Å². The highest BCUT2D eigenvalue weighted by atomic mass is 16.6. The Balaban J connectivity index is 1.99. The van der Waals surface area contributed by atoms with E-state index in [1.54, 1.807) is 32.4 Å². The molecule has 0 radical (unpaired) electrons. The average molecular weight is 335 g/mol. The Morgan fingerprint density at radius 1 is 1.12 bits per heavy atom. The molecule has 1 saturated heterocycles. The number of hydrogen-bond acceptors (Lipinski definition) is 6. The maximum atomic E-state index is 12.7. The molecule has 1 atom stereocenters. The van der Waals surface area contributed by atoms with Gasteiger partial charge in [-0.2, -0.15) is 0 Å². The Morgan fingerprint density at radius 3 is 2.29 bits per heavy atom. The van der Waals surface area contributed by atoms with Crippen molar-refractivity contribution in [2.75, 3.05) is 27.3 Å². The second-order valence-electron chi connectivity index (χ2n) is 5.95. The normalized spacial score (nSPS) is 17.2. The zero-order valence-corrected chi connectivity index (χ0v) is 14.7. The zero-order chi connectivity index (χ0) is 17.7. The van der Waals surface area contributed by atoms with Crippen molar-refractivity contribution in [1.82, 2.24) is 4.90 Å². The number of likely N-dealkylation sites (tertiary alicyclic amines) is 1. The fraction of sp³-hybridized carbons (Fsp3) is 0.556. The summed E-state index contributed by atoms with van der Waals surface area (Å²) >= 11 is 0. The summed E-state index contributed by atoms with van der Waals surface area (Å²) in [6.07, 6.45) is 1.25. The van der Waals surface area contributed by atoms with Gasteiger partial charge in [-0.25, -0.2) is 0 Å². The maximum absolute atomic E-state index is 12.7. The number of Topliss-reactive ketones (excluding diaryl/α,β-unsaturated/α-hetero) is 1. The van der Waals surface area contributed by atoms with Crippen molar-refractivity contribution < 1.29 is 23.8 Å². The van der Waals surface area contributed by atoms with Gasteiger partial charge in [0.2, 0.25) is 0 Å². The van der Waals surface area contributed by atoms with Crippen molar-refractivity contribution in [2.45, 2.75) is 32.9 Å². The van der Waals surface area contributed by atoms with Crippen LogP contribution >= 0.6 is 0 Å². The van der Waals surface area contributed by atoms with Gasteiger partial charge in [0, 0.05) is 31.5 Å². The van der Waals surface area contributed by atoms with Gasteiger partial charge >= 0.3 is 5.97 Å². The van der Waals surface area contributed by atoms with E-state index in [0.717, 1.165) is 25.9 Å². The van der Waals surface area contributed by atoms with Crippen molar-refractivity contribution in [3.8, 4) is 11.5 Å². The number of ether oxygens (including phenoxy) is 3. The third kappa shape index (κ3) is 4.26. The lowest BCUT2D eigenvalue weighted by atomic mass is 9.88. The van der Waals surface area contributed by atoms with Crippen LogP contribution in [0.25, 0.3) is 0 Å². The highest BCUT2D eigenvalue weighted by molar-refractivity contribution is 5.98. The molecule has 1 aromatic rings. The Morgan fingerprint density at radius 2 is 1.75 bits per heavy atom. The molecule has 1 heterocycles. The molecule has 1 fully saturated rings. The summed E-state index contributed by atoms with van der Waals surface area (Å²) in [5.74, 6) is 0.981. The van der Waals surface area contributed by atoms with Gasteiger partial charge in [0.1, 0.15) is 0 Å². The number of methoxy groups -OCH3 is 2. The van der Waals surface area contributed by atoms with E-state index in [2.05, 4.69) is 4.90 Å². The minimum atomic E-state index is -0.286. The van der Waals surface area contributed by atoms with Gasteiger partial charge in [-0.1, -0.05) is 0 Å². The Kier molecular flexibility index (Phi) is 6.20. The van der Waals surface area contributed by atoms with Crippen LogP contribution in [0.5, 0.6) is 11.5 Å². The molecule has 6 heteroatoms. The minimum absolute atomic E-state index is 0.0242. The van der Waals surface area contributed by atoms with Crippen LogP contribution in [-0.2, 0) is 9.53 Å². The summed E-state index contributed by atoms with van der Waals surface area (Å²) in [4.78, 5) is 25.8. The number of rotatable bonds is 6. The average Bonchev–Trinajstić information content (AvgIpc) is 2.60. The van der Waals surface area contributed by atoms with Crippen molar-refractivity contribution in [3.63, 3.8) is 0 Å². The van der Waals surface area contributed by atoms with Gasteiger partial charge in [0.05, 0.1) is 14.2 Å². The highest BCUT2D eigenvalue weighted by Gasteiger charge is 2.29. The summed E-state index contributed by atoms with van der Waals surface area (Å²) in [7, 11) is 3.13. The van der Waals surface area contributed by atoms with E-state index in [4.69, 9.17) is 14.2 Å². The van der Waals surface area contributed by atoms with Gasteiger partial charge in [-0.15, -0.1) is 0 Å². The molecule has 0 spiro atoms. The molecule has 2 rings (SSSR count). The first-order chi connectivity index (χ1) is 11.5. The summed E-state index contributed by atoms with van der Waals surface area (Å²) in [5, 5.41) is 0. The first-order valence-electron chi connectivity index (χ1n) is 8.13. The van der Waals surface area contributed by atoms with Crippen molar-refractivity contribution in [3.05, 3.63) is 23.8 Å². The van der Waals surface area contributed by atoms with Crippen LogP contribution in [0.2, 0.25) is 0 Å². The molecule has 1 aliphatic heterocycles. The molecule has 1 aliphatic rings. The number of piperidine rings is 1. The fourth-order valence-corrected chi connectivity index (χ4v) is 3.07. The molecular weight excluding hydrogens is 310 g/mol. The van der Waals surface area contributed by atoms with E-state index < -0.39 is 0 Å². The molecule has 1 unspecified atom stereocenters. The van der Waals surface area contributed by atoms with Crippen LogP contribution in [0.15, 0.2) is 18.2 Å². The molecule has 0 aromatic heterocycles. The van der Waals surface area contributed by atoms with Crippen molar-refractivity contribution >= 4 is 11.8 Å². The zero-order valence-electron chi connectivity index (χ0n) is 14.7. The van der Waals surface area contributed by atoms with Gasteiger partial charge in [0.15, 0.2) is 23.5 Å². The summed E-state index contributed by atoms with van der Waals surface area (Å²) in [5.41, 5.74) is 0.638. The van der Waals surface area contributed by atoms with Crippen LogP contribution in [0.3, 0.4) is 0 Å². The van der Waals surface area contributed by atoms with E-state index in [-0.39, 0.29) is 23.9 Å². The maximum Gasteiger partial charge on any atom is 0.304 e. The van der Waals surface area contributed by atoms with Crippen molar-refractivity contribution in [1.29, 1.82) is 0 Å². The van der Waals surface area contributed by atoms with Crippen molar-refractivity contribution in [2.24, 2.45) is 5.92 Å². The van der Waals surface area contributed by atoms with E-state index in [1.807, 2.05) is 6.92 Å². The number of nitrogens with zero attached hydrogens (tertiary/aromatic N) is 1. The fourth-order valence-electron chi connectivity index (χ4n) is 3.07. The van der Waals surface area contributed by atoms with E-state index >= 15 is 0 Å². The molecule has 132 valence electrons. The minimum Gasteiger partial charge on any atom is -0.493 e. The van der Waals surface area contributed by atoms with Crippen LogP contribution in [0.1, 0.15) is 37.0 Å². The quantitative estimate of drug-likeness (QED) is 0.588. The Labute approximate surface area is 142 Å². The molecule has 0 bridgehead atoms. The van der Waals surface area contributed by atoms with E-state index in [9.17, 15) is 9.59 Å². The first kappa shape index (κ1) is 18.3. The predicted molar refractivity (Wildman–Crippen MR) is 89.4 cm³/mol.